The van der Waals surface area contributed by atoms with Crippen LogP contribution in [0.25, 0.3) is 0 Å². The average Bonchev–Trinajstić information content (AvgIpc) is 2.31. The summed E-state index contributed by atoms with van der Waals surface area (Å²) >= 11 is 0. The maximum absolute atomic E-state index is 12.4. The number of nitrogens with zero attached hydrogens (tertiary/aromatic N) is 1. The molecule has 0 saturated heterocycles. The molecular weight excluding hydrogens is 194 g/mol. The van der Waals surface area contributed by atoms with Gasteiger partial charge in [-0.2, -0.15) is 13.2 Å². The highest BCUT2D eigenvalue weighted by Crippen LogP contribution is 2.38. The Labute approximate surface area is 68.7 Å². The van der Waals surface area contributed by atoms with Gasteiger partial charge in [-0.05, 0) is 0 Å². The van der Waals surface area contributed by atoms with Crippen molar-refractivity contribution in [3.05, 3.63) is 17.6 Å². The van der Waals surface area contributed by atoms with Gasteiger partial charge in [0, 0.05) is 0 Å². The standard InChI is InChI=1S/C6HF4NO2/c7-3-1-13-5(11-2-12)4(3)6(8,9)10/h1H. The fourth-order valence-corrected chi connectivity index (χ4v) is 0.708. The lowest BCUT2D eigenvalue weighted by Gasteiger charge is -2.02. The number of hydrogen-bond acceptors (Lipinski definition) is 3. The number of aliphatic imine (C=N–C) groups is 1. The van der Waals surface area contributed by atoms with Crippen molar-refractivity contribution >= 4 is 12.0 Å². The molecule has 7 heteroatoms. The molecule has 0 spiro atoms. The van der Waals surface area contributed by atoms with Crippen molar-refractivity contribution in [3.8, 4) is 0 Å². The molecule has 3 nitrogen and oxygen atoms in total. The first-order valence-corrected chi connectivity index (χ1v) is 2.89. The van der Waals surface area contributed by atoms with Crippen molar-refractivity contribution in [2.75, 3.05) is 0 Å². The van der Waals surface area contributed by atoms with E-state index in [1.165, 1.54) is 0 Å². The van der Waals surface area contributed by atoms with Gasteiger partial charge in [-0.25, -0.2) is 9.18 Å². The fourth-order valence-electron chi connectivity index (χ4n) is 0.708. The lowest BCUT2D eigenvalue weighted by atomic mass is 10.3. The number of alkyl halides is 3. The molecule has 0 aliphatic rings. The predicted octanol–water partition coefficient (Wildman–Crippen LogP) is 2.40. The fraction of sp³-hybridized carbons (Fsp3) is 0.167. The van der Waals surface area contributed by atoms with Gasteiger partial charge in [0.1, 0.15) is 6.26 Å². The smallest absolute Gasteiger partial charge is 0.424 e. The maximum atomic E-state index is 12.4. The summed E-state index contributed by atoms with van der Waals surface area (Å²) in [6, 6.07) is 0. The number of carbonyl (C=O) groups excluding carboxylic acids is 1. The third-order valence-corrected chi connectivity index (χ3v) is 1.16. The van der Waals surface area contributed by atoms with Crippen LogP contribution in [0.2, 0.25) is 0 Å². The summed E-state index contributed by atoms with van der Waals surface area (Å²) in [5, 5.41) is 0. The molecule has 0 atom stereocenters. The molecule has 0 aromatic carbocycles. The van der Waals surface area contributed by atoms with E-state index in [9.17, 15) is 22.4 Å². The van der Waals surface area contributed by atoms with E-state index in [1.807, 2.05) is 0 Å². The zero-order valence-electron chi connectivity index (χ0n) is 5.85. The number of rotatable bonds is 1. The van der Waals surface area contributed by atoms with Gasteiger partial charge in [-0.15, -0.1) is 4.99 Å². The molecule has 0 aliphatic carbocycles. The SMILES string of the molecule is O=C=Nc1occ(F)c1C(F)(F)F. The van der Waals surface area contributed by atoms with Crippen LogP contribution in [0.3, 0.4) is 0 Å². The van der Waals surface area contributed by atoms with Crippen LogP contribution in [0.4, 0.5) is 23.4 Å². The van der Waals surface area contributed by atoms with E-state index < -0.39 is 23.4 Å². The van der Waals surface area contributed by atoms with Gasteiger partial charge in [0.25, 0.3) is 0 Å². The average molecular weight is 195 g/mol. The van der Waals surface area contributed by atoms with Crippen molar-refractivity contribution in [2.24, 2.45) is 4.99 Å². The van der Waals surface area contributed by atoms with Crippen LogP contribution in [-0.2, 0) is 11.0 Å². The lowest BCUT2D eigenvalue weighted by molar-refractivity contribution is -0.139. The Morgan fingerprint density at radius 3 is 2.54 bits per heavy atom. The minimum Gasteiger partial charge on any atom is -0.442 e. The lowest BCUT2D eigenvalue weighted by Crippen LogP contribution is -2.05. The summed E-state index contributed by atoms with van der Waals surface area (Å²) in [4.78, 5) is 12.2. The normalized spacial score (nSPS) is 11.1. The summed E-state index contributed by atoms with van der Waals surface area (Å²) < 4.78 is 52.4. The van der Waals surface area contributed by atoms with Gasteiger partial charge in [0.2, 0.25) is 12.0 Å². The van der Waals surface area contributed by atoms with Gasteiger partial charge in [0.15, 0.2) is 11.4 Å². The molecule has 70 valence electrons. The van der Waals surface area contributed by atoms with Crippen molar-refractivity contribution in [1.82, 2.24) is 0 Å². The molecule has 13 heavy (non-hydrogen) atoms. The van der Waals surface area contributed by atoms with Gasteiger partial charge < -0.3 is 4.42 Å². The van der Waals surface area contributed by atoms with Crippen LogP contribution in [0, 0.1) is 5.82 Å². The Morgan fingerprint density at radius 2 is 2.08 bits per heavy atom. The van der Waals surface area contributed by atoms with E-state index in [0.29, 0.717) is 0 Å². The molecule has 0 fully saturated rings. The zero-order valence-corrected chi connectivity index (χ0v) is 5.85. The summed E-state index contributed by atoms with van der Waals surface area (Å²) in [5.41, 5.74) is -1.70. The first-order chi connectivity index (χ1) is 5.96. The minimum absolute atomic E-state index is 0.221. The molecule has 0 amide bonds. The molecule has 1 aromatic heterocycles. The number of halogens is 4. The van der Waals surface area contributed by atoms with Crippen LogP contribution in [-0.4, -0.2) is 6.08 Å². The quantitative estimate of drug-likeness (QED) is 0.392. The number of furan rings is 1. The van der Waals surface area contributed by atoms with Crippen molar-refractivity contribution in [3.63, 3.8) is 0 Å². The van der Waals surface area contributed by atoms with E-state index in [0.717, 1.165) is 6.08 Å². The molecule has 0 N–H and O–H groups in total. The maximum Gasteiger partial charge on any atom is 0.424 e. The molecule has 0 aliphatic heterocycles. The van der Waals surface area contributed by atoms with Crippen LogP contribution in [0.15, 0.2) is 15.7 Å². The first-order valence-electron chi connectivity index (χ1n) is 2.89. The predicted molar refractivity (Wildman–Crippen MR) is 31.4 cm³/mol. The molecule has 0 unspecified atom stereocenters. The summed E-state index contributed by atoms with van der Waals surface area (Å²) in [5.74, 6) is -2.73. The molecule has 1 heterocycles. The third-order valence-electron chi connectivity index (χ3n) is 1.16. The third kappa shape index (κ3) is 1.75. The van der Waals surface area contributed by atoms with E-state index in [1.54, 1.807) is 0 Å². The van der Waals surface area contributed by atoms with Gasteiger partial charge in [0.05, 0.1) is 0 Å². The second-order valence-electron chi connectivity index (χ2n) is 1.96. The van der Waals surface area contributed by atoms with Crippen molar-refractivity contribution in [2.45, 2.75) is 6.18 Å². The molecular formula is C6HF4NO2. The van der Waals surface area contributed by atoms with Gasteiger partial charge in [-0.3, -0.25) is 0 Å². The monoisotopic (exact) mass is 195 g/mol. The summed E-state index contributed by atoms with van der Waals surface area (Å²) in [6.45, 7) is 0. The van der Waals surface area contributed by atoms with Crippen LogP contribution in [0.5, 0.6) is 0 Å². The Morgan fingerprint density at radius 1 is 1.46 bits per heavy atom. The summed E-state index contributed by atoms with van der Waals surface area (Å²) in [6.07, 6.45) is -3.89. The van der Waals surface area contributed by atoms with Crippen LogP contribution >= 0.6 is 0 Å². The van der Waals surface area contributed by atoms with Crippen molar-refractivity contribution in [1.29, 1.82) is 0 Å². The van der Waals surface area contributed by atoms with Gasteiger partial charge in [-0.1, -0.05) is 0 Å². The highest BCUT2D eigenvalue weighted by molar-refractivity contribution is 5.48. The van der Waals surface area contributed by atoms with Crippen LogP contribution < -0.4 is 0 Å². The van der Waals surface area contributed by atoms with Gasteiger partial charge >= 0.3 is 6.18 Å². The van der Waals surface area contributed by atoms with E-state index in [2.05, 4.69) is 9.41 Å². The Bertz CT molecular complexity index is 361. The summed E-state index contributed by atoms with van der Waals surface area (Å²) in [7, 11) is 0. The number of hydrogen-bond donors (Lipinski definition) is 0. The second kappa shape index (κ2) is 3.02. The highest BCUT2D eigenvalue weighted by Gasteiger charge is 2.40. The Kier molecular flexibility index (Phi) is 2.20. The topological polar surface area (TPSA) is 42.6 Å². The first kappa shape index (κ1) is 9.47. The second-order valence-corrected chi connectivity index (χ2v) is 1.96. The Balaban J connectivity index is 3.32. The Hall–Kier alpha value is -1.62. The van der Waals surface area contributed by atoms with E-state index in [-0.39, 0.29) is 6.26 Å². The highest BCUT2D eigenvalue weighted by atomic mass is 19.4. The zero-order chi connectivity index (χ0) is 10.1. The van der Waals surface area contributed by atoms with E-state index >= 15 is 0 Å². The largest absolute Gasteiger partial charge is 0.442 e. The molecule has 1 aromatic rings. The van der Waals surface area contributed by atoms with E-state index in [4.69, 9.17) is 0 Å². The molecule has 0 saturated carbocycles. The van der Waals surface area contributed by atoms with Crippen molar-refractivity contribution < 1.29 is 26.8 Å². The minimum atomic E-state index is -4.94. The molecule has 0 bridgehead atoms. The molecule has 0 radical (unpaired) electrons. The molecule has 1 rings (SSSR count). The van der Waals surface area contributed by atoms with Crippen LogP contribution in [0.1, 0.15) is 5.56 Å². The number of isocyanates is 1.